The first-order valence-electron chi connectivity index (χ1n) is 10.0. The van der Waals surface area contributed by atoms with Crippen LogP contribution < -0.4 is 5.32 Å². The van der Waals surface area contributed by atoms with E-state index in [9.17, 15) is 13.6 Å². The standard InChI is InChI=1S/C23H18F2N6O/c1-3-27-23(32)16-10-26-9-15(11(16)2)12-4-5-18-14(6-12)20(31-30-18)22-28-19-8-13(24)7-17(25)21(19)29-22/h4-10H,3H2,1-2H3,(H,27,32)(H,28,29)(H,30,31). The summed E-state index contributed by atoms with van der Waals surface area (Å²) in [6.45, 7) is 4.25. The van der Waals surface area contributed by atoms with Crippen LogP contribution in [0.3, 0.4) is 0 Å². The van der Waals surface area contributed by atoms with E-state index in [2.05, 4.69) is 30.5 Å². The molecule has 3 aromatic heterocycles. The fourth-order valence-corrected chi connectivity index (χ4v) is 3.82. The van der Waals surface area contributed by atoms with Gasteiger partial charge >= 0.3 is 0 Å². The molecule has 0 spiro atoms. The molecule has 7 nitrogen and oxygen atoms in total. The van der Waals surface area contributed by atoms with Crippen LogP contribution in [0.25, 0.3) is 44.6 Å². The van der Waals surface area contributed by atoms with Crippen LogP contribution in [-0.2, 0) is 0 Å². The third-order valence-corrected chi connectivity index (χ3v) is 5.40. The highest BCUT2D eigenvalue weighted by molar-refractivity contribution is 5.99. The summed E-state index contributed by atoms with van der Waals surface area (Å²) in [6.07, 6.45) is 3.26. The number of carbonyl (C=O) groups excluding carboxylic acids is 1. The van der Waals surface area contributed by atoms with Crippen LogP contribution in [0, 0.1) is 18.6 Å². The number of benzene rings is 2. The number of nitrogens with zero attached hydrogens (tertiary/aromatic N) is 3. The van der Waals surface area contributed by atoms with Gasteiger partial charge in [0.05, 0.1) is 16.6 Å². The third kappa shape index (κ3) is 3.18. The topological polar surface area (TPSA) is 99.3 Å². The Labute approximate surface area is 180 Å². The van der Waals surface area contributed by atoms with Crippen molar-refractivity contribution < 1.29 is 13.6 Å². The normalized spacial score (nSPS) is 11.4. The number of amides is 1. The van der Waals surface area contributed by atoms with Gasteiger partial charge in [-0.1, -0.05) is 6.07 Å². The number of nitrogens with one attached hydrogen (secondary N) is 3. The SMILES string of the molecule is CCNC(=O)c1cncc(-c2ccc3[nH]nc(-c4nc5c(F)cc(F)cc5[nH]4)c3c2)c1C. The molecule has 0 saturated heterocycles. The Kier molecular flexibility index (Phi) is 4.66. The molecule has 2 aromatic carbocycles. The molecular formula is C23H18F2N6O. The molecule has 9 heteroatoms. The van der Waals surface area contributed by atoms with E-state index in [0.29, 0.717) is 23.6 Å². The van der Waals surface area contributed by atoms with Gasteiger partial charge in [0.15, 0.2) is 11.6 Å². The third-order valence-electron chi connectivity index (χ3n) is 5.40. The van der Waals surface area contributed by atoms with Gasteiger partial charge in [-0.3, -0.25) is 14.9 Å². The molecule has 160 valence electrons. The van der Waals surface area contributed by atoms with E-state index in [1.165, 1.54) is 6.07 Å². The zero-order valence-corrected chi connectivity index (χ0v) is 17.3. The van der Waals surface area contributed by atoms with E-state index in [-0.39, 0.29) is 16.9 Å². The minimum atomic E-state index is -0.744. The molecule has 32 heavy (non-hydrogen) atoms. The van der Waals surface area contributed by atoms with Crippen molar-refractivity contribution in [2.75, 3.05) is 6.54 Å². The highest BCUT2D eigenvalue weighted by Crippen LogP contribution is 2.32. The van der Waals surface area contributed by atoms with E-state index in [1.807, 2.05) is 32.0 Å². The Morgan fingerprint density at radius 2 is 1.97 bits per heavy atom. The van der Waals surface area contributed by atoms with Crippen LogP contribution >= 0.6 is 0 Å². The fourth-order valence-electron chi connectivity index (χ4n) is 3.82. The quantitative estimate of drug-likeness (QED) is 0.389. The van der Waals surface area contributed by atoms with Crippen molar-refractivity contribution in [1.29, 1.82) is 0 Å². The summed E-state index contributed by atoms with van der Waals surface area (Å²) in [5.74, 6) is -1.29. The summed E-state index contributed by atoms with van der Waals surface area (Å²) < 4.78 is 27.7. The second kappa shape index (κ2) is 7.52. The molecule has 0 aliphatic carbocycles. The lowest BCUT2D eigenvalue weighted by atomic mass is 9.97. The van der Waals surface area contributed by atoms with E-state index in [4.69, 9.17) is 0 Å². The van der Waals surface area contributed by atoms with Gasteiger partial charge in [-0.2, -0.15) is 5.10 Å². The largest absolute Gasteiger partial charge is 0.352 e. The maximum atomic E-state index is 14.1. The maximum Gasteiger partial charge on any atom is 0.253 e. The minimum absolute atomic E-state index is 0.0448. The van der Waals surface area contributed by atoms with Crippen molar-refractivity contribution in [1.82, 2.24) is 30.5 Å². The van der Waals surface area contributed by atoms with Crippen LogP contribution in [0.2, 0.25) is 0 Å². The van der Waals surface area contributed by atoms with Crippen molar-refractivity contribution in [2.24, 2.45) is 0 Å². The second-order valence-electron chi connectivity index (χ2n) is 7.42. The van der Waals surface area contributed by atoms with Gasteiger partial charge in [0, 0.05) is 36.0 Å². The van der Waals surface area contributed by atoms with Crippen molar-refractivity contribution in [3.63, 3.8) is 0 Å². The summed E-state index contributed by atoms with van der Waals surface area (Å²) in [5, 5.41) is 10.8. The first-order valence-corrected chi connectivity index (χ1v) is 10.0. The molecular weight excluding hydrogens is 414 g/mol. The first-order chi connectivity index (χ1) is 15.5. The summed E-state index contributed by atoms with van der Waals surface area (Å²) in [4.78, 5) is 23.8. The van der Waals surface area contributed by atoms with Gasteiger partial charge in [0.1, 0.15) is 17.0 Å². The van der Waals surface area contributed by atoms with E-state index in [0.717, 1.165) is 33.7 Å². The van der Waals surface area contributed by atoms with Gasteiger partial charge in [-0.05, 0) is 43.2 Å². The van der Waals surface area contributed by atoms with Crippen molar-refractivity contribution in [2.45, 2.75) is 13.8 Å². The van der Waals surface area contributed by atoms with Crippen LogP contribution in [0.5, 0.6) is 0 Å². The molecule has 0 aliphatic heterocycles. The highest BCUT2D eigenvalue weighted by atomic mass is 19.1. The number of halogens is 2. The van der Waals surface area contributed by atoms with Crippen molar-refractivity contribution >= 4 is 27.8 Å². The van der Waals surface area contributed by atoms with Crippen molar-refractivity contribution in [3.05, 3.63) is 65.5 Å². The van der Waals surface area contributed by atoms with Crippen LogP contribution in [0.4, 0.5) is 8.78 Å². The Morgan fingerprint density at radius 1 is 1.12 bits per heavy atom. The lowest BCUT2D eigenvalue weighted by Crippen LogP contribution is -2.23. The molecule has 0 fully saturated rings. The number of fused-ring (bicyclic) bond motifs is 2. The number of carbonyl (C=O) groups is 1. The summed E-state index contributed by atoms with van der Waals surface area (Å²) in [5.41, 5.74) is 4.47. The van der Waals surface area contributed by atoms with E-state index < -0.39 is 11.6 Å². The number of rotatable bonds is 4. The fraction of sp³-hybridized carbons (Fsp3) is 0.130. The molecule has 0 bridgehead atoms. The van der Waals surface area contributed by atoms with Gasteiger partial charge < -0.3 is 10.3 Å². The van der Waals surface area contributed by atoms with Gasteiger partial charge in [-0.25, -0.2) is 13.8 Å². The molecule has 0 atom stereocenters. The number of H-pyrrole nitrogens is 2. The predicted octanol–water partition coefficient (Wildman–Crippen LogP) is 4.50. The molecule has 5 aromatic rings. The summed E-state index contributed by atoms with van der Waals surface area (Å²) >= 11 is 0. The Hall–Kier alpha value is -4.14. The molecule has 0 aliphatic rings. The Morgan fingerprint density at radius 3 is 2.78 bits per heavy atom. The number of hydrogen-bond donors (Lipinski definition) is 3. The molecule has 0 radical (unpaired) electrons. The predicted molar refractivity (Wildman–Crippen MR) is 117 cm³/mol. The number of imidazole rings is 1. The molecule has 3 N–H and O–H groups in total. The zero-order chi connectivity index (χ0) is 22.4. The van der Waals surface area contributed by atoms with Gasteiger partial charge in [0.25, 0.3) is 5.91 Å². The zero-order valence-electron chi connectivity index (χ0n) is 17.3. The van der Waals surface area contributed by atoms with Crippen LogP contribution in [0.15, 0.2) is 42.7 Å². The van der Waals surface area contributed by atoms with Crippen LogP contribution in [0.1, 0.15) is 22.8 Å². The smallest absolute Gasteiger partial charge is 0.253 e. The van der Waals surface area contributed by atoms with Gasteiger partial charge in [0.2, 0.25) is 0 Å². The lowest BCUT2D eigenvalue weighted by molar-refractivity contribution is 0.0955. The number of hydrogen-bond acceptors (Lipinski definition) is 4. The number of aromatic amines is 2. The molecule has 0 saturated carbocycles. The molecule has 3 heterocycles. The second-order valence-corrected chi connectivity index (χ2v) is 7.42. The Balaban J connectivity index is 1.64. The minimum Gasteiger partial charge on any atom is -0.352 e. The maximum absolute atomic E-state index is 14.1. The first kappa shape index (κ1) is 19.8. The monoisotopic (exact) mass is 432 g/mol. The number of aromatic nitrogens is 5. The molecule has 5 rings (SSSR count). The lowest BCUT2D eigenvalue weighted by Gasteiger charge is -2.11. The average Bonchev–Trinajstić information content (AvgIpc) is 3.37. The van der Waals surface area contributed by atoms with Crippen LogP contribution in [-0.4, -0.2) is 37.6 Å². The van der Waals surface area contributed by atoms with Gasteiger partial charge in [-0.15, -0.1) is 0 Å². The van der Waals surface area contributed by atoms with E-state index >= 15 is 0 Å². The van der Waals surface area contributed by atoms with E-state index in [1.54, 1.807) is 12.4 Å². The molecule has 1 amide bonds. The number of pyridine rings is 1. The van der Waals surface area contributed by atoms with Crippen molar-refractivity contribution in [3.8, 4) is 22.6 Å². The average molecular weight is 432 g/mol. The Bertz CT molecular complexity index is 1500. The summed E-state index contributed by atoms with van der Waals surface area (Å²) in [6, 6.07) is 7.66. The highest BCUT2D eigenvalue weighted by Gasteiger charge is 2.18. The summed E-state index contributed by atoms with van der Waals surface area (Å²) in [7, 11) is 0. The molecule has 0 unspecified atom stereocenters.